The molecule has 10 heteroatoms. The number of rotatable bonds is 7. The van der Waals surface area contributed by atoms with Gasteiger partial charge in [-0.3, -0.25) is 24.3 Å². The fourth-order valence-electron chi connectivity index (χ4n) is 2.58. The second-order valence-electron chi connectivity index (χ2n) is 5.57. The number of pyridine rings is 1. The van der Waals surface area contributed by atoms with E-state index in [9.17, 15) is 24.5 Å². The standard InChI is InChI=1S/C17H19N3O6S/c1-4-12-10(3)27-16(15(12)17(23)26-5-2)18-13(21)9-19-8-11(20(24)25)6-7-14(19)22/h6-8H,4-5,9H2,1-3H3,(H,18,21). The fraction of sp³-hybridized carbons (Fsp3) is 0.353. The molecule has 2 aromatic rings. The summed E-state index contributed by atoms with van der Waals surface area (Å²) in [5, 5.41) is 13.8. The lowest BCUT2D eigenvalue weighted by atomic mass is 10.1. The molecule has 27 heavy (non-hydrogen) atoms. The van der Waals surface area contributed by atoms with Crippen molar-refractivity contribution in [1.82, 2.24) is 4.57 Å². The van der Waals surface area contributed by atoms with Gasteiger partial charge < -0.3 is 10.1 Å². The number of anilines is 1. The predicted octanol–water partition coefficient (Wildman–Crippen LogP) is 2.50. The summed E-state index contributed by atoms with van der Waals surface area (Å²) < 4.78 is 6.01. The first-order valence-corrected chi connectivity index (χ1v) is 9.04. The summed E-state index contributed by atoms with van der Waals surface area (Å²) in [5.74, 6) is -1.10. The van der Waals surface area contributed by atoms with E-state index in [1.165, 1.54) is 11.3 Å². The molecule has 0 atom stereocenters. The number of thiophene rings is 1. The first kappa shape index (κ1) is 20.3. The number of hydrogen-bond donors (Lipinski definition) is 1. The van der Waals surface area contributed by atoms with E-state index in [0.717, 1.165) is 33.3 Å². The van der Waals surface area contributed by atoms with E-state index >= 15 is 0 Å². The van der Waals surface area contributed by atoms with Crippen LogP contribution in [0.15, 0.2) is 23.1 Å². The Bertz CT molecular complexity index is 947. The number of nitrogens with one attached hydrogen (secondary N) is 1. The molecule has 2 heterocycles. The van der Waals surface area contributed by atoms with Crippen molar-refractivity contribution in [2.45, 2.75) is 33.7 Å². The molecule has 1 N–H and O–H groups in total. The van der Waals surface area contributed by atoms with Crippen LogP contribution in [0.3, 0.4) is 0 Å². The number of aromatic nitrogens is 1. The zero-order valence-corrected chi connectivity index (χ0v) is 15.9. The third-order valence-corrected chi connectivity index (χ3v) is 4.85. The summed E-state index contributed by atoms with van der Waals surface area (Å²) in [6, 6.07) is 2.10. The number of esters is 1. The van der Waals surface area contributed by atoms with E-state index in [1.807, 2.05) is 13.8 Å². The Labute approximate surface area is 158 Å². The molecule has 2 aromatic heterocycles. The van der Waals surface area contributed by atoms with Gasteiger partial charge in [0.25, 0.3) is 11.2 Å². The van der Waals surface area contributed by atoms with Gasteiger partial charge in [0.1, 0.15) is 11.5 Å². The number of carbonyl (C=O) groups excluding carboxylic acids is 2. The molecular formula is C17H19N3O6S. The topological polar surface area (TPSA) is 121 Å². The van der Waals surface area contributed by atoms with Crippen molar-refractivity contribution in [3.8, 4) is 0 Å². The van der Waals surface area contributed by atoms with Gasteiger partial charge in [-0.2, -0.15) is 0 Å². The average molecular weight is 393 g/mol. The second-order valence-corrected chi connectivity index (χ2v) is 6.80. The van der Waals surface area contributed by atoms with Crippen LogP contribution in [0.5, 0.6) is 0 Å². The Kier molecular flexibility index (Phi) is 6.45. The van der Waals surface area contributed by atoms with Gasteiger partial charge in [-0.05, 0) is 25.8 Å². The van der Waals surface area contributed by atoms with E-state index in [-0.39, 0.29) is 12.3 Å². The number of nitrogens with zero attached hydrogens (tertiary/aromatic N) is 2. The van der Waals surface area contributed by atoms with Gasteiger partial charge in [0.2, 0.25) is 5.91 Å². The van der Waals surface area contributed by atoms with Gasteiger partial charge in [0.15, 0.2) is 0 Å². The van der Waals surface area contributed by atoms with E-state index in [2.05, 4.69) is 5.32 Å². The normalized spacial score (nSPS) is 10.5. The number of ether oxygens (including phenoxy) is 1. The summed E-state index contributed by atoms with van der Waals surface area (Å²) >= 11 is 1.24. The Morgan fingerprint density at radius 3 is 2.63 bits per heavy atom. The maximum absolute atomic E-state index is 12.4. The highest BCUT2D eigenvalue weighted by Crippen LogP contribution is 2.34. The summed E-state index contributed by atoms with van der Waals surface area (Å²) in [6.45, 7) is 5.21. The zero-order valence-electron chi connectivity index (χ0n) is 15.1. The number of aryl methyl sites for hydroxylation is 1. The number of amides is 1. The molecule has 0 aliphatic rings. The summed E-state index contributed by atoms with van der Waals surface area (Å²) in [5.41, 5.74) is 0.260. The molecule has 0 saturated carbocycles. The smallest absolute Gasteiger partial charge is 0.341 e. The monoisotopic (exact) mass is 393 g/mol. The Hall–Kier alpha value is -3.01. The van der Waals surface area contributed by atoms with Crippen LogP contribution in [-0.2, 0) is 22.5 Å². The first-order chi connectivity index (χ1) is 12.8. The minimum atomic E-state index is -0.650. The molecule has 0 unspecified atom stereocenters. The van der Waals surface area contributed by atoms with Gasteiger partial charge in [0, 0.05) is 17.0 Å². The van der Waals surface area contributed by atoms with Crippen molar-refractivity contribution < 1.29 is 19.2 Å². The van der Waals surface area contributed by atoms with Gasteiger partial charge in [-0.1, -0.05) is 6.92 Å². The molecule has 0 bridgehead atoms. The Balaban J connectivity index is 2.29. The molecule has 1 amide bonds. The van der Waals surface area contributed by atoms with Gasteiger partial charge in [-0.25, -0.2) is 4.79 Å². The van der Waals surface area contributed by atoms with Crippen molar-refractivity contribution >= 4 is 33.9 Å². The summed E-state index contributed by atoms with van der Waals surface area (Å²) in [7, 11) is 0. The molecule has 0 spiro atoms. The first-order valence-electron chi connectivity index (χ1n) is 8.22. The van der Waals surface area contributed by atoms with Crippen LogP contribution in [0.4, 0.5) is 10.7 Å². The zero-order chi connectivity index (χ0) is 20.1. The van der Waals surface area contributed by atoms with E-state index in [1.54, 1.807) is 6.92 Å². The van der Waals surface area contributed by atoms with Crippen molar-refractivity contribution in [2.24, 2.45) is 0 Å². The number of nitro groups is 1. The van der Waals surface area contributed by atoms with Crippen LogP contribution in [-0.4, -0.2) is 28.0 Å². The highest BCUT2D eigenvalue weighted by Gasteiger charge is 2.23. The molecule has 0 aliphatic carbocycles. The van der Waals surface area contributed by atoms with Crippen molar-refractivity contribution in [3.05, 3.63) is 54.8 Å². The molecular weight excluding hydrogens is 374 g/mol. The number of carbonyl (C=O) groups is 2. The maximum atomic E-state index is 12.4. The minimum absolute atomic E-state index is 0.202. The fourth-order valence-corrected chi connectivity index (χ4v) is 3.73. The van der Waals surface area contributed by atoms with Crippen LogP contribution in [0.2, 0.25) is 0 Å². The second kappa shape index (κ2) is 8.58. The van der Waals surface area contributed by atoms with Crippen LogP contribution >= 0.6 is 11.3 Å². The van der Waals surface area contributed by atoms with Crippen LogP contribution in [0, 0.1) is 17.0 Å². The van der Waals surface area contributed by atoms with E-state index in [4.69, 9.17) is 4.74 Å². The SMILES string of the molecule is CCOC(=O)c1c(NC(=O)Cn2cc([N+](=O)[O-])ccc2=O)sc(C)c1CC. The third-order valence-electron chi connectivity index (χ3n) is 3.79. The van der Waals surface area contributed by atoms with Gasteiger partial charge in [0.05, 0.1) is 23.3 Å². The molecule has 0 saturated heterocycles. The van der Waals surface area contributed by atoms with Crippen molar-refractivity contribution in [1.29, 1.82) is 0 Å². The van der Waals surface area contributed by atoms with Gasteiger partial charge in [-0.15, -0.1) is 11.3 Å². The lowest BCUT2D eigenvalue weighted by molar-refractivity contribution is -0.385. The lowest BCUT2D eigenvalue weighted by Crippen LogP contribution is -2.27. The molecule has 9 nitrogen and oxygen atoms in total. The highest BCUT2D eigenvalue weighted by molar-refractivity contribution is 7.16. The minimum Gasteiger partial charge on any atom is -0.462 e. The molecule has 0 fully saturated rings. The molecule has 0 aromatic carbocycles. The average Bonchev–Trinajstić information content (AvgIpc) is 2.91. The predicted molar refractivity (Wildman–Crippen MR) is 100 cm³/mol. The summed E-state index contributed by atoms with van der Waals surface area (Å²) in [6.07, 6.45) is 1.60. The van der Waals surface area contributed by atoms with Crippen molar-refractivity contribution in [3.63, 3.8) is 0 Å². The molecule has 144 valence electrons. The summed E-state index contributed by atoms with van der Waals surface area (Å²) in [4.78, 5) is 47.5. The van der Waals surface area contributed by atoms with Crippen LogP contribution < -0.4 is 10.9 Å². The quantitative estimate of drug-likeness (QED) is 0.438. The van der Waals surface area contributed by atoms with Crippen LogP contribution in [0.1, 0.15) is 34.6 Å². The molecule has 0 aliphatic heterocycles. The molecule has 0 radical (unpaired) electrons. The Morgan fingerprint density at radius 1 is 1.33 bits per heavy atom. The largest absolute Gasteiger partial charge is 0.462 e. The van der Waals surface area contributed by atoms with Crippen LogP contribution in [0.25, 0.3) is 0 Å². The Morgan fingerprint density at radius 2 is 2.04 bits per heavy atom. The number of hydrogen-bond acceptors (Lipinski definition) is 7. The van der Waals surface area contributed by atoms with E-state index in [0.29, 0.717) is 17.0 Å². The van der Waals surface area contributed by atoms with Crippen molar-refractivity contribution in [2.75, 3.05) is 11.9 Å². The van der Waals surface area contributed by atoms with E-state index < -0.39 is 28.9 Å². The van der Waals surface area contributed by atoms with Gasteiger partial charge >= 0.3 is 5.97 Å². The molecule has 2 rings (SSSR count). The maximum Gasteiger partial charge on any atom is 0.341 e. The third kappa shape index (κ3) is 4.59. The lowest BCUT2D eigenvalue weighted by Gasteiger charge is -2.09. The highest BCUT2D eigenvalue weighted by atomic mass is 32.1.